The minimum atomic E-state index is 0.146. The summed E-state index contributed by atoms with van der Waals surface area (Å²) in [6, 6.07) is 37.9. The molecule has 0 radical (unpaired) electrons. The predicted octanol–water partition coefficient (Wildman–Crippen LogP) is 8.84. The van der Waals surface area contributed by atoms with Crippen LogP contribution in [0.15, 0.2) is 114 Å². The standard InChI is InChI=1S/C38H30N2O3/c41-37-7-3-19-39(37)31-21-30(22-32(24-31)40-20-4-8-38(40)42)28-15-11-26(12-16-28)25-9-13-27(14-10-25)29-17-18-34-33-5-1-2-6-35(33)43-36(34)23-29/h1-2,5-6,9-18,21-24H,3-4,7-8,19-20H2. The quantitative estimate of drug-likeness (QED) is 0.211. The highest BCUT2D eigenvalue weighted by Gasteiger charge is 2.26. The zero-order valence-electron chi connectivity index (χ0n) is 23.8. The van der Waals surface area contributed by atoms with Crippen molar-refractivity contribution in [3.05, 3.63) is 109 Å². The molecule has 2 aliphatic heterocycles. The van der Waals surface area contributed by atoms with Gasteiger partial charge in [-0.05, 0) is 82.6 Å². The summed E-state index contributed by atoms with van der Waals surface area (Å²) in [7, 11) is 0. The van der Waals surface area contributed by atoms with Crippen LogP contribution < -0.4 is 9.80 Å². The number of rotatable bonds is 5. The van der Waals surface area contributed by atoms with Gasteiger partial charge in [-0.1, -0.05) is 72.8 Å². The first kappa shape index (κ1) is 25.5. The van der Waals surface area contributed by atoms with Gasteiger partial charge in [-0.2, -0.15) is 0 Å². The van der Waals surface area contributed by atoms with Crippen LogP contribution in [0.1, 0.15) is 25.7 Å². The van der Waals surface area contributed by atoms with Crippen molar-refractivity contribution in [2.45, 2.75) is 25.7 Å². The van der Waals surface area contributed by atoms with E-state index in [1.807, 2.05) is 34.1 Å². The Bertz CT molecular complexity index is 1980. The number of amides is 2. The lowest BCUT2D eigenvalue weighted by Crippen LogP contribution is -2.26. The van der Waals surface area contributed by atoms with Crippen molar-refractivity contribution in [1.82, 2.24) is 0 Å². The van der Waals surface area contributed by atoms with Gasteiger partial charge < -0.3 is 14.2 Å². The summed E-state index contributed by atoms with van der Waals surface area (Å²) in [6.45, 7) is 1.44. The van der Waals surface area contributed by atoms with Crippen molar-refractivity contribution < 1.29 is 14.0 Å². The minimum absolute atomic E-state index is 0.146. The summed E-state index contributed by atoms with van der Waals surface area (Å²) in [6.07, 6.45) is 2.88. The number of hydrogen-bond acceptors (Lipinski definition) is 3. The van der Waals surface area contributed by atoms with Crippen molar-refractivity contribution in [2.75, 3.05) is 22.9 Å². The first-order chi connectivity index (χ1) is 21.1. The van der Waals surface area contributed by atoms with Gasteiger partial charge >= 0.3 is 0 Å². The van der Waals surface area contributed by atoms with E-state index in [0.29, 0.717) is 12.8 Å². The van der Waals surface area contributed by atoms with Crippen LogP contribution in [0, 0.1) is 0 Å². The van der Waals surface area contributed by atoms with Crippen LogP contribution in [0.25, 0.3) is 55.3 Å². The maximum atomic E-state index is 12.6. The third-order valence-electron chi connectivity index (χ3n) is 8.82. The topological polar surface area (TPSA) is 53.8 Å². The molecule has 3 heterocycles. The lowest BCUT2D eigenvalue weighted by atomic mass is 9.97. The second-order valence-electron chi connectivity index (χ2n) is 11.5. The molecule has 2 amide bonds. The fourth-order valence-corrected chi connectivity index (χ4v) is 6.53. The summed E-state index contributed by atoms with van der Waals surface area (Å²) in [4.78, 5) is 28.9. The SMILES string of the molecule is O=C1CCCN1c1cc(-c2ccc(-c3ccc(-c4ccc5c(c4)oc4ccccc45)cc3)cc2)cc(N2CCCC2=O)c1. The van der Waals surface area contributed by atoms with Gasteiger partial charge in [0.2, 0.25) is 11.8 Å². The molecular weight excluding hydrogens is 532 g/mol. The molecule has 5 aromatic carbocycles. The van der Waals surface area contributed by atoms with Gasteiger partial charge in [0.05, 0.1) is 0 Å². The van der Waals surface area contributed by atoms with Gasteiger partial charge in [-0.25, -0.2) is 0 Å². The van der Waals surface area contributed by atoms with E-state index in [4.69, 9.17) is 4.42 Å². The van der Waals surface area contributed by atoms with E-state index in [1.54, 1.807) is 0 Å². The maximum absolute atomic E-state index is 12.6. The van der Waals surface area contributed by atoms with E-state index >= 15 is 0 Å². The third-order valence-corrected chi connectivity index (χ3v) is 8.82. The number of carbonyl (C=O) groups excluding carboxylic acids is 2. The normalized spacial score (nSPS) is 15.3. The summed E-state index contributed by atoms with van der Waals surface area (Å²) in [5.41, 5.74) is 10.1. The molecule has 43 heavy (non-hydrogen) atoms. The summed E-state index contributed by atoms with van der Waals surface area (Å²) in [5.74, 6) is 0.291. The molecule has 5 nitrogen and oxygen atoms in total. The third kappa shape index (κ3) is 4.58. The number of anilines is 2. The average molecular weight is 563 g/mol. The molecule has 8 rings (SSSR count). The molecule has 0 unspecified atom stereocenters. The molecule has 0 N–H and O–H groups in total. The summed E-state index contributed by atoms with van der Waals surface area (Å²) >= 11 is 0. The second-order valence-corrected chi connectivity index (χ2v) is 11.5. The van der Waals surface area contributed by atoms with E-state index in [9.17, 15) is 9.59 Å². The van der Waals surface area contributed by atoms with Crippen LogP contribution in [-0.4, -0.2) is 24.9 Å². The number of carbonyl (C=O) groups is 2. The van der Waals surface area contributed by atoms with Crippen LogP contribution in [0.3, 0.4) is 0 Å². The van der Waals surface area contributed by atoms with Gasteiger partial charge in [0.25, 0.3) is 0 Å². The molecule has 2 aliphatic rings. The van der Waals surface area contributed by atoms with Gasteiger partial charge in [0.1, 0.15) is 11.2 Å². The fourth-order valence-electron chi connectivity index (χ4n) is 6.53. The minimum Gasteiger partial charge on any atom is -0.456 e. The van der Waals surface area contributed by atoms with Crippen molar-refractivity contribution in [3.63, 3.8) is 0 Å². The fraction of sp³-hybridized carbons (Fsp3) is 0.158. The summed E-state index contributed by atoms with van der Waals surface area (Å²) in [5, 5.41) is 2.27. The molecule has 1 aromatic heterocycles. The molecule has 210 valence electrons. The lowest BCUT2D eigenvalue weighted by Gasteiger charge is -2.22. The Balaban J connectivity index is 1.08. The predicted molar refractivity (Wildman–Crippen MR) is 173 cm³/mol. The Kier molecular flexibility index (Phi) is 6.11. The van der Waals surface area contributed by atoms with Crippen molar-refractivity contribution in [3.8, 4) is 33.4 Å². The zero-order chi connectivity index (χ0) is 28.9. The van der Waals surface area contributed by atoms with Crippen molar-refractivity contribution in [1.29, 1.82) is 0 Å². The number of benzene rings is 5. The van der Waals surface area contributed by atoms with Gasteiger partial charge in [0.15, 0.2) is 0 Å². The first-order valence-corrected chi connectivity index (χ1v) is 15.0. The van der Waals surface area contributed by atoms with E-state index in [2.05, 4.69) is 84.9 Å². The Morgan fingerprint density at radius 1 is 0.465 bits per heavy atom. The number of para-hydroxylation sites is 1. The highest BCUT2D eigenvalue weighted by molar-refractivity contribution is 6.06. The molecule has 0 spiro atoms. The van der Waals surface area contributed by atoms with E-state index < -0.39 is 0 Å². The van der Waals surface area contributed by atoms with Gasteiger partial charge in [-0.3, -0.25) is 9.59 Å². The van der Waals surface area contributed by atoms with E-state index in [-0.39, 0.29) is 11.8 Å². The van der Waals surface area contributed by atoms with Gasteiger partial charge in [-0.15, -0.1) is 0 Å². The van der Waals surface area contributed by atoms with Crippen LogP contribution in [0.2, 0.25) is 0 Å². The number of fused-ring (bicyclic) bond motifs is 3. The molecule has 0 bridgehead atoms. The van der Waals surface area contributed by atoms with E-state index in [0.717, 1.165) is 92.6 Å². The van der Waals surface area contributed by atoms with Crippen molar-refractivity contribution in [2.24, 2.45) is 0 Å². The van der Waals surface area contributed by atoms with Crippen LogP contribution in [0.4, 0.5) is 11.4 Å². The van der Waals surface area contributed by atoms with E-state index in [1.165, 1.54) is 0 Å². The second kappa shape index (κ2) is 10.3. The molecule has 0 saturated carbocycles. The zero-order valence-corrected chi connectivity index (χ0v) is 23.8. The highest BCUT2D eigenvalue weighted by Crippen LogP contribution is 2.36. The van der Waals surface area contributed by atoms with Crippen LogP contribution in [0.5, 0.6) is 0 Å². The van der Waals surface area contributed by atoms with Crippen LogP contribution >= 0.6 is 0 Å². The maximum Gasteiger partial charge on any atom is 0.227 e. The average Bonchev–Trinajstić information content (AvgIpc) is 3.78. The molecule has 0 atom stereocenters. The molecule has 6 aromatic rings. The smallest absolute Gasteiger partial charge is 0.227 e. The lowest BCUT2D eigenvalue weighted by molar-refractivity contribution is -0.117. The van der Waals surface area contributed by atoms with Crippen LogP contribution in [-0.2, 0) is 9.59 Å². The Hall–Kier alpha value is -5.16. The van der Waals surface area contributed by atoms with Gasteiger partial charge in [0, 0.05) is 48.1 Å². The number of furan rings is 1. The molecule has 2 saturated heterocycles. The molecule has 2 fully saturated rings. The molecule has 0 aliphatic carbocycles. The highest BCUT2D eigenvalue weighted by atomic mass is 16.3. The summed E-state index contributed by atoms with van der Waals surface area (Å²) < 4.78 is 6.10. The number of hydrogen-bond donors (Lipinski definition) is 0. The number of nitrogens with zero attached hydrogens (tertiary/aromatic N) is 2. The Morgan fingerprint density at radius 3 is 1.51 bits per heavy atom. The Labute approximate surface area is 250 Å². The Morgan fingerprint density at radius 2 is 0.953 bits per heavy atom. The molecular formula is C38H30N2O3. The largest absolute Gasteiger partial charge is 0.456 e. The monoisotopic (exact) mass is 562 g/mol. The molecule has 5 heteroatoms. The first-order valence-electron chi connectivity index (χ1n) is 15.0. The van der Waals surface area contributed by atoms with Crippen molar-refractivity contribution >= 4 is 45.1 Å².